The Kier molecular flexibility index (Phi) is 36.1. The van der Waals surface area contributed by atoms with Gasteiger partial charge in [-0.3, -0.25) is 4.79 Å². The largest absolute Gasteiger partial charge is 0.744 e. The van der Waals surface area contributed by atoms with E-state index in [1.165, 1.54) is 224 Å². The minimum absolute atomic E-state index is 0.0342. The molecule has 0 fully saturated rings. The van der Waals surface area contributed by atoms with Crippen molar-refractivity contribution < 1.29 is 22.2 Å². The van der Waals surface area contributed by atoms with Gasteiger partial charge in [-0.25, -0.2) is 8.42 Å². The van der Waals surface area contributed by atoms with Crippen LogP contribution in [0.2, 0.25) is 0 Å². The summed E-state index contributed by atoms with van der Waals surface area (Å²) in [7, 11) is 4.44. The Morgan fingerprint density at radius 2 is 0.825 bits per heavy atom. The molecule has 0 bridgehead atoms. The predicted molar refractivity (Wildman–Crippen MR) is 272 cm³/mol. The summed E-state index contributed by atoms with van der Waals surface area (Å²) in [6.07, 6.45) is 47.5. The van der Waals surface area contributed by atoms with Gasteiger partial charge in [-0.05, 0) is 56.2 Å². The highest BCUT2D eigenvalue weighted by Crippen LogP contribution is 2.18. The first kappa shape index (κ1) is 58.6. The average Bonchev–Trinajstić information content (AvgIpc) is 3.25. The fourth-order valence-electron chi connectivity index (χ4n) is 8.46. The Morgan fingerprint density at radius 1 is 0.508 bits per heavy atom. The maximum atomic E-state index is 12.4. The van der Waals surface area contributed by atoms with Crippen molar-refractivity contribution in [1.29, 1.82) is 0 Å². The van der Waals surface area contributed by atoms with Crippen molar-refractivity contribution in [2.24, 2.45) is 0 Å². The van der Waals surface area contributed by atoms with Crippen molar-refractivity contribution in [3.05, 3.63) is 59.7 Å². The lowest BCUT2D eigenvalue weighted by Gasteiger charge is -2.30. The number of hydrogen-bond acceptors (Lipinski definition) is 5. The van der Waals surface area contributed by atoms with Crippen LogP contribution in [0.15, 0.2) is 53.4 Å². The van der Waals surface area contributed by atoms with E-state index in [2.05, 4.69) is 26.3 Å². The molecule has 1 N–H and O–H groups in total. The topological polar surface area (TPSA) is 89.5 Å². The van der Waals surface area contributed by atoms with Gasteiger partial charge in [0.05, 0.1) is 32.1 Å². The lowest BCUT2D eigenvalue weighted by atomic mass is 10.0. The lowest BCUT2D eigenvalue weighted by Crippen LogP contribution is -2.42. The van der Waals surface area contributed by atoms with Crippen molar-refractivity contribution in [3.63, 3.8) is 0 Å². The zero-order valence-corrected chi connectivity index (χ0v) is 42.8. The first-order valence-electron chi connectivity index (χ1n) is 26.3. The van der Waals surface area contributed by atoms with Crippen LogP contribution < -0.4 is 10.2 Å². The quantitative estimate of drug-likeness (QED) is 0.0409. The van der Waals surface area contributed by atoms with Gasteiger partial charge in [-0.1, -0.05) is 217 Å². The molecule has 63 heavy (non-hydrogen) atoms. The van der Waals surface area contributed by atoms with E-state index < -0.39 is 10.1 Å². The fourth-order valence-corrected chi connectivity index (χ4v) is 8.92. The molecule has 0 unspecified atom stereocenters. The number of quaternary nitrogens is 1. The Morgan fingerprint density at radius 3 is 1.14 bits per heavy atom. The van der Waals surface area contributed by atoms with Gasteiger partial charge in [0.15, 0.2) is 0 Å². The highest BCUT2D eigenvalue weighted by molar-refractivity contribution is 7.85. The Labute approximate surface area is 390 Å². The van der Waals surface area contributed by atoms with Gasteiger partial charge in [-0.15, -0.1) is 0 Å². The SMILES string of the molecule is CCCCCCCCCCCCCCCCCCCCCCCCCCCCCCCCCC[N+](C)(C)CCCNC(=O)c1ccc(N(C)C)cc1.Cc1ccc(S(=O)(=O)[O-])cc1. The molecule has 0 aromatic heterocycles. The molecule has 8 heteroatoms. The number of carbonyl (C=O) groups excluding carboxylic acids is 1. The molecular weight excluding hydrogens is 799 g/mol. The van der Waals surface area contributed by atoms with E-state index >= 15 is 0 Å². The van der Waals surface area contributed by atoms with E-state index in [0.29, 0.717) is 0 Å². The van der Waals surface area contributed by atoms with E-state index in [9.17, 15) is 17.8 Å². The maximum absolute atomic E-state index is 12.4. The minimum Gasteiger partial charge on any atom is -0.744 e. The number of aryl methyl sites for hydroxylation is 1. The molecule has 1 amide bonds. The third kappa shape index (κ3) is 35.5. The van der Waals surface area contributed by atoms with Crippen LogP contribution in [0.5, 0.6) is 0 Å². The summed E-state index contributed by atoms with van der Waals surface area (Å²) in [6.45, 7) is 7.22. The van der Waals surface area contributed by atoms with Gasteiger partial charge in [0.2, 0.25) is 0 Å². The smallest absolute Gasteiger partial charge is 0.251 e. The predicted octanol–water partition coefficient (Wildman–Crippen LogP) is 15.4. The van der Waals surface area contributed by atoms with Crippen LogP contribution >= 0.6 is 0 Å². The van der Waals surface area contributed by atoms with Crippen LogP contribution in [-0.4, -0.2) is 71.2 Å². The number of rotatable bonds is 40. The van der Waals surface area contributed by atoms with E-state index in [0.717, 1.165) is 40.8 Å². The summed E-state index contributed by atoms with van der Waals surface area (Å²) in [5.74, 6) is 0.0342. The van der Waals surface area contributed by atoms with Crippen LogP contribution in [0.25, 0.3) is 0 Å². The van der Waals surface area contributed by atoms with E-state index in [1.807, 2.05) is 50.2 Å². The third-order valence-electron chi connectivity index (χ3n) is 12.8. The Bertz CT molecular complexity index is 1440. The summed E-state index contributed by atoms with van der Waals surface area (Å²) in [5.41, 5.74) is 2.78. The van der Waals surface area contributed by atoms with E-state index in [1.54, 1.807) is 12.1 Å². The van der Waals surface area contributed by atoms with Crippen molar-refractivity contribution in [2.45, 2.75) is 231 Å². The number of hydrogen-bond donors (Lipinski definition) is 1. The number of benzene rings is 2. The summed E-state index contributed by atoms with van der Waals surface area (Å²) in [5, 5.41) is 3.10. The molecular formula is C55H99N3O4S. The number of amides is 1. The molecule has 0 atom stereocenters. The maximum Gasteiger partial charge on any atom is 0.251 e. The van der Waals surface area contributed by atoms with Crippen molar-refractivity contribution in [3.8, 4) is 0 Å². The molecule has 2 rings (SSSR count). The molecule has 364 valence electrons. The number of carbonyl (C=O) groups is 1. The van der Waals surface area contributed by atoms with Gasteiger partial charge in [0.1, 0.15) is 10.1 Å². The standard InChI is InChI=1S/C48H91N3O.C7H8O3S/c1-6-7-8-9-10-11-12-13-14-15-16-17-18-19-20-21-22-23-24-25-26-27-28-29-30-31-32-33-34-35-36-37-44-51(4,5)45-38-43-49-48(52)46-39-41-47(42-40-46)50(2)3;1-6-2-4-7(5-3-6)11(8,9)10/h39-42H,6-38,43-45H2,1-5H3;2-5H,1H3,(H,8,9,10). The summed E-state index contributed by atoms with van der Waals surface area (Å²) >= 11 is 0. The summed E-state index contributed by atoms with van der Waals surface area (Å²) in [4.78, 5) is 14.3. The highest BCUT2D eigenvalue weighted by atomic mass is 32.2. The second-order valence-corrected chi connectivity index (χ2v) is 21.0. The number of anilines is 1. The molecule has 0 saturated heterocycles. The molecule has 0 spiro atoms. The van der Waals surface area contributed by atoms with Crippen LogP contribution in [0.3, 0.4) is 0 Å². The van der Waals surface area contributed by atoms with Gasteiger partial charge < -0.3 is 19.3 Å². The Balaban J connectivity index is 0.00000156. The molecule has 0 radical (unpaired) electrons. The first-order valence-corrected chi connectivity index (χ1v) is 27.7. The first-order chi connectivity index (χ1) is 30.4. The minimum atomic E-state index is -4.27. The van der Waals surface area contributed by atoms with E-state index in [-0.39, 0.29) is 10.8 Å². The second-order valence-electron chi connectivity index (χ2n) is 19.7. The Hall–Kier alpha value is -2.42. The molecule has 0 aliphatic rings. The number of unbranched alkanes of at least 4 members (excludes halogenated alkanes) is 31. The molecule has 2 aromatic carbocycles. The number of nitrogens with zero attached hydrogens (tertiary/aromatic N) is 2. The van der Waals surface area contributed by atoms with Gasteiger partial charge in [0, 0.05) is 38.3 Å². The molecule has 0 aliphatic heterocycles. The van der Waals surface area contributed by atoms with Crippen LogP contribution in [-0.2, 0) is 10.1 Å². The van der Waals surface area contributed by atoms with E-state index in [4.69, 9.17) is 0 Å². The lowest BCUT2D eigenvalue weighted by molar-refractivity contribution is -0.890. The average molecular weight is 898 g/mol. The van der Waals surface area contributed by atoms with Crippen LogP contribution in [0.1, 0.15) is 235 Å². The number of nitrogens with one attached hydrogen (secondary N) is 1. The van der Waals surface area contributed by atoms with Crippen molar-refractivity contribution in [2.75, 3.05) is 52.7 Å². The van der Waals surface area contributed by atoms with Gasteiger partial charge in [-0.2, -0.15) is 0 Å². The van der Waals surface area contributed by atoms with Gasteiger partial charge in [0.25, 0.3) is 5.91 Å². The molecule has 0 aliphatic carbocycles. The van der Waals surface area contributed by atoms with Gasteiger partial charge >= 0.3 is 0 Å². The van der Waals surface area contributed by atoms with Crippen molar-refractivity contribution in [1.82, 2.24) is 5.32 Å². The highest BCUT2D eigenvalue weighted by Gasteiger charge is 2.14. The normalized spacial score (nSPS) is 11.7. The zero-order chi connectivity index (χ0) is 46.3. The van der Waals surface area contributed by atoms with Crippen LogP contribution in [0.4, 0.5) is 5.69 Å². The monoisotopic (exact) mass is 898 g/mol. The van der Waals surface area contributed by atoms with Crippen LogP contribution in [0, 0.1) is 6.92 Å². The summed E-state index contributed by atoms with van der Waals surface area (Å²) in [6, 6.07) is 13.6. The fraction of sp³-hybridized carbons (Fsp3) is 0.764. The third-order valence-corrected chi connectivity index (χ3v) is 13.6. The molecule has 0 saturated carbocycles. The molecule has 7 nitrogen and oxygen atoms in total. The molecule has 2 aromatic rings. The summed E-state index contributed by atoms with van der Waals surface area (Å²) < 4.78 is 32.2. The zero-order valence-electron chi connectivity index (χ0n) is 42.0. The van der Waals surface area contributed by atoms with Crippen molar-refractivity contribution >= 4 is 21.7 Å². The molecule has 0 heterocycles. The second kappa shape index (κ2) is 38.8.